The average Bonchev–Trinajstić information content (AvgIpc) is 2.14. The molecule has 0 rings (SSSR count). The zero-order valence-electron chi connectivity index (χ0n) is 8.38. The summed E-state index contributed by atoms with van der Waals surface area (Å²) in [6.45, 7) is -0.999. The Labute approximate surface area is 88.3 Å². The summed E-state index contributed by atoms with van der Waals surface area (Å²) < 4.78 is 83.2. The van der Waals surface area contributed by atoms with E-state index >= 15 is 0 Å². The molecule has 1 atom stereocenters. The molecule has 16 heavy (non-hydrogen) atoms. The monoisotopic (exact) mass is 272 g/mol. The van der Waals surface area contributed by atoms with Gasteiger partial charge in [0.05, 0.1) is 6.61 Å². The lowest BCUT2D eigenvalue weighted by Crippen LogP contribution is -2.40. The molecular weight excluding hydrogens is 262 g/mol. The van der Waals surface area contributed by atoms with Gasteiger partial charge in [0.1, 0.15) is 6.61 Å². The molecule has 4 nitrogen and oxygen atoms in total. The summed E-state index contributed by atoms with van der Waals surface area (Å²) in [5.74, 6) is -5.11. The van der Waals surface area contributed by atoms with E-state index in [-0.39, 0.29) is 6.61 Å². The molecule has 0 aromatic carbocycles. The highest BCUT2D eigenvalue weighted by Gasteiger charge is 2.58. The first-order valence-corrected chi connectivity index (χ1v) is 5.43. The van der Waals surface area contributed by atoms with Crippen LogP contribution in [0.1, 0.15) is 6.92 Å². The van der Waals surface area contributed by atoms with Gasteiger partial charge in [-0.2, -0.15) is 22.0 Å². The van der Waals surface area contributed by atoms with E-state index < -0.39 is 26.5 Å². The van der Waals surface area contributed by atoms with E-state index in [0.29, 0.717) is 0 Å². The number of phosphoric acid groups is 1. The molecule has 0 aliphatic rings. The number of hydrogen-bond acceptors (Lipinski definition) is 4. The quantitative estimate of drug-likeness (QED) is 0.550. The lowest BCUT2D eigenvalue weighted by atomic mass is 10.3. The van der Waals surface area contributed by atoms with Crippen molar-refractivity contribution in [2.45, 2.75) is 19.0 Å². The van der Waals surface area contributed by atoms with Crippen molar-refractivity contribution in [3.8, 4) is 0 Å². The maximum Gasteiger partial charge on any atom is 0.474 e. The predicted octanol–water partition coefficient (Wildman–Crippen LogP) is 2.99. The minimum atomic E-state index is -5.78. The molecule has 0 bridgehead atoms. The molecule has 0 heterocycles. The van der Waals surface area contributed by atoms with Crippen LogP contribution in [0.5, 0.6) is 0 Å². The fraction of sp³-hybridized carbons (Fsp3) is 1.00. The molecule has 0 aliphatic heterocycles. The fourth-order valence-electron chi connectivity index (χ4n) is 0.543. The van der Waals surface area contributed by atoms with Crippen molar-refractivity contribution in [2.24, 2.45) is 0 Å². The smallest absolute Gasteiger partial charge is 0.290 e. The summed E-state index contributed by atoms with van der Waals surface area (Å²) in [6, 6.07) is 0. The van der Waals surface area contributed by atoms with Crippen LogP contribution in [-0.4, -0.2) is 32.4 Å². The highest BCUT2D eigenvalue weighted by Crippen LogP contribution is 2.50. The second-order valence-corrected chi connectivity index (χ2v) is 4.30. The van der Waals surface area contributed by atoms with Gasteiger partial charge in [-0.05, 0) is 6.92 Å². The van der Waals surface area contributed by atoms with Crippen molar-refractivity contribution < 1.29 is 40.1 Å². The van der Waals surface area contributed by atoms with Gasteiger partial charge >= 0.3 is 19.9 Å². The Hall–Kier alpha value is -0.240. The predicted molar refractivity (Wildman–Crippen MR) is 43.2 cm³/mol. The second kappa shape index (κ2) is 5.39. The van der Waals surface area contributed by atoms with Crippen molar-refractivity contribution >= 4 is 7.82 Å². The summed E-state index contributed by atoms with van der Waals surface area (Å²) in [4.78, 5) is 0. The fourth-order valence-corrected chi connectivity index (χ4v) is 1.46. The molecule has 0 radical (unpaired) electrons. The molecular formula is C6H10F5O4P. The highest BCUT2D eigenvalue weighted by atomic mass is 31.2. The summed E-state index contributed by atoms with van der Waals surface area (Å²) >= 11 is 0. The van der Waals surface area contributed by atoms with Crippen molar-refractivity contribution in [1.82, 2.24) is 0 Å². The van der Waals surface area contributed by atoms with Gasteiger partial charge in [0.15, 0.2) is 0 Å². The number of phosphoric ester groups is 1. The van der Waals surface area contributed by atoms with Gasteiger partial charge in [-0.1, -0.05) is 0 Å². The molecule has 0 saturated carbocycles. The van der Waals surface area contributed by atoms with Crippen LogP contribution in [0.25, 0.3) is 0 Å². The SMILES string of the molecule is CCOP(=O)(OC)OCC(F)(F)C(F)(F)F. The van der Waals surface area contributed by atoms with Gasteiger partial charge in [-0.3, -0.25) is 13.6 Å². The van der Waals surface area contributed by atoms with Gasteiger partial charge in [-0.15, -0.1) is 0 Å². The van der Waals surface area contributed by atoms with Gasteiger partial charge in [0.2, 0.25) is 0 Å². The maximum absolute atomic E-state index is 12.4. The van der Waals surface area contributed by atoms with Crippen LogP contribution in [-0.2, 0) is 18.1 Å². The Balaban J connectivity index is 4.49. The highest BCUT2D eigenvalue weighted by molar-refractivity contribution is 7.48. The number of hydrogen-bond donors (Lipinski definition) is 0. The van der Waals surface area contributed by atoms with Crippen molar-refractivity contribution in [3.63, 3.8) is 0 Å². The van der Waals surface area contributed by atoms with Crippen LogP contribution in [0.3, 0.4) is 0 Å². The van der Waals surface area contributed by atoms with Crippen LogP contribution >= 0.6 is 7.82 Å². The zero-order chi connectivity index (χ0) is 13.0. The number of alkyl halides is 5. The Morgan fingerprint density at radius 3 is 1.94 bits per heavy atom. The van der Waals surface area contributed by atoms with Crippen LogP contribution in [0.15, 0.2) is 0 Å². The zero-order valence-corrected chi connectivity index (χ0v) is 9.28. The largest absolute Gasteiger partial charge is 0.474 e. The first-order valence-electron chi connectivity index (χ1n) is 3.97. The summed E-state index contributed by atoms with van der Waals surface area (Å²) in [7, 11) is -3.54. The number of rotatable bonds is 6. The van der Waals surface area contributed by atoms with Crippen LogP contribution in [0, 0.1) is 0 Å². The maximum atomic E-state index is 12.4. The molecule has 98 valence electrons. The molecule has 10 heteroatoms. The molecule has 0 aromatic rings. The molecule has 1 unspecified atom stereocenters. The molecule has 0 spiro atoms. The van der Waals surface area contributed by atoms with E-state index in [2.05, 4.69) is 13.6 Å². The van der Waals surface area contributed by atoms with Gasteiger partial charge in [-0.25, -0.2) is 4.57 Å². The van der Waals surface area contributed by atoms with Gasteiger partial charge < -0.3 is 0 Å². The standard InChI is InChI=1S/C6H10F5O4P/c1-3-14-16(12,13-2)15-4-5(7,8)6(9,10)11/h3-4H2,1-2H3. The Morgan fingerprint density at radius 2 is 1.62 bits per heavy atom. The van der Waals surface area contributed by atoms with E-state index in [4.69, 9.17) is 0 Å². The van der Waals surface area contributed by atoms with Crippen LogP contribution in [0.4, 0.5) is 22.0 Å². The van der Waals surface area contributed by atoms with Crippen LogP contribution < -0.4 is 0 Å². The third-order valence-electron chi connectivity index (χ3n) is 1.33. The van der Waals surface area contributed by atoms with E-state index in [0.717, 1.165) is 7.11 Å². The number of halogens is 5. The van der Waals surface area contributed by atoms with Crippen molar-refractivity contribution in [1.29, 1.82) is 0 Å². The first-order chi connectivity index (χ1) is 7.08. The average molecular weight is 272 g/mol. The molecule has 0 aliphatic carbocycles. The van der Waals surface area contributed by atoms with Gasteiger partial charge in [0, 0.05) is 7.11 Å². The molecule has 0 amide bonds. The minimum Gasteiger partial charge on any atom is -0.290 e. The minimum absolute atomic E-state index is 0.220. The summed E-state index contributed by atoms with van der Waals surface area (Å²) in [5, 5.41) is 0. The topological polar surface area (TPSA) is 44.8 Å². The van der Waals surface area contributed by atoms with Gasteiger partial charge in [0.25, 0.3) is 0 Å². The van der Waals surface area contributed by atoms with Crippen molar-refractivity contribution in [3.05, 3.63) is 0 Å². The third-order valence-corrected chi connectivity index (χ3v) is 2.80. The Morgan fingerprint density at radius 1 is 1.12 bits per heavy atom. The Bertz CT molecular complexity index is 266. The van der Waals surface area contributed by atoms with E-state index in [9.17, 15) is 26.5 Å². The second-order valence-electron chi connectivity index (χ2n) is 2.52. The third kappa shape index (κ3) is 4.32. The molecule has 0 N–H and O–H groups in total. The molecule has 0 aromatic heterocycles. The lowest BCUT2D eigenvalue weighted by Gasteiger charge is -2.21. The summed E-state index contributed by atoms with van der Waals surface area (Å²) in [6.07, 6.45) is -5.78. The van der Waals surface area contributed by atoms with E-state index in [1.54, 1.807) is 0 Å². The molecule has 0 saturated heterocycles. The first kappa shape index (κ1) is 15.8. The Kier molecular flexibility index (Phi) is 5.31. The van der Waals surface area contributed by atoms with E-state index in [1.165, 1.54) is 6.92 Å². The van der Waals surface area contributed by atoms with Crippen molar-refractivity contribution in [2.75, 3.05) is 20.3 Å². The van der Waals surface area contributed by atoms with E-state index in [1.807, 2.05) is 0 Å². The summed E-state index contributed by atoms with van der Waals surface area (Å²) in [5.41, 5.74) is 0. The van der Waals surface area contributed by atoms with Crippen LogP contribution in [0.2, 0.25) is 0 Å². The lowest BCUT2D eigenvalue weighted by molar-refractivity contribution is -0.291. The normalized spacial score (nSPS) is 17.2. The molecule has 0 fully saturated rings.